The number of hydrogen-bond donors (Lipinski definition) is 1. The first-order chi connectivity index (χ1) is 8.18. The smallest absolute Gasteiger partial charge is 0.209 e. The summed E-state index contributed by atoms with van der Waals surface area (Å²) < 4.78 is 0. The molecule has 2 rings (SSSR count). The number of aliphatic hydroxyl groups is 1. The molecule has 2 heterocycles. The van der Waals surface area contributed by atoms with Crippen LogP contribution in [0.4, 0.5) is 0 Å². The van der Waals surface area contributed by atoms with Crippen LogP contribution in [0.2, 0.25) is 0 Å². The van der Waals surface area contributed by atoms with Crippen molar-refractivity contribution in [2.45, 2.75) is 12.0 Å². The van der Waals surface area contributed by atoms with Gasteiger partial charge in [-0.1, -0.05) is 18.2 Å². The highest BCUT2D eigenvalue weighted by Crippen LogP contribution is 2.33. The van der Waals surface area contributed by atoms with E-state index in [2.05, 4.69) is 6.58 Å². The minimum atomic E-state index is -1.47. The summed E-state index contributed by atoms with van der Waals surface area (Å²) in [7, 11) is 0. The summed E-state index contributed by atoms with van der Waals surface area (Å²) in [6.45, 7) is 3.62. The minimum absolute atomic E-state index is 0.226. The lowest BCUT2D eigenvalue weighted by Gasteiger charge is -2.23. The molecule has 1 unspecified atom stereocenters. The van der Waals surface area contributed by atoms with E-state index in [1.165, 1.54) is 22.7 Å². The van der Waals surface area contributed by atoms with Crippen LogP contribution in [0.5, 0.6) is 0 Å². The first kappa shape index (κ1) is 12.2. The Morgan fingerprint density at radius 3 is 2.59 bits per heavy atom. The molecular weight excluding hydrogens is 252 g/mol. The lowest BCUT2D eigenvalue weighted by atomic mass is 9.91. The molecule has 2 nitrogen and oxygen atoms in total. The predicted octanol–water partition coefficient (Wildman–Crippen LogP) is 3.46. The fraction of sp³-hybridized carbons (Fsp3) is 0.154. The van der Waals surface area contributed by atoms with E-state index in [1.807, 2.05) is 16.8 Å². The summed E-state index contributed by atoms with van der Waals surface area (Å²) in [5.74, 6) is -0.255. The number of Topliss-reactive ketones (excluding diaryl/α,β-unsaturated/α-hetero) is 1. The number of carbonyl (C=O) groups excluding carboxylic acids is 1. The van der Waals surface area contributed by atoms with E-state index < -0.39 is 5.60 Å². The first-order valence-electron chi connectivity index (χ1n) is 5.14. The third-order valence-corrected chi connectivity index (χ3v) is 4.38. The summed E-state index contributed by atoms with van der Waals surface area (Å²) in [5.41, 5.74) is -1.47. The molecule has 88 valence electrons. The van der Waals surface area contributed by atoms with E-state index in [9.17, 15) is 9.90 Å². The van der Waals surface area contributed by atoms with Gasteiger partial charge < -0.3 is 5.11 Å². The highest BCUT2D eigenvalue weighted by molar-refractivity contribution is 7.12. The van der Waals surface area contributed by atoms with Gasteiger partial charge in [0, 0.05) is 11.3 Å². The molecule has 0 saturated carbocycles. The Balaban J connectivity index is 2.41. The van der Waals surface area contributed by atoms with Gasteiger partial charge in [-0.3, -0.25) is 4.79 Å². The third-order valence-electron chi connectivity index (χ3n) is 2.49. The van der Waals surface area contributed by atoms with E-state index in [4.69, 9.17) is 0 Å². The van der Waals surface area contributed by atoms with Gasteiger partial charge in [0.2, 0.25) is 5.78 Å². The van der Waals surface area contributed by atoms with Crippen molar-refractivity contribution in [1.29, 1.82) is 0 Å². The molecule has 0 fully saturated rings. The van der Waals surface area contributed by atoms with E-state index in [-0.39, 0.29) is 12.2 Å². The average molecular weight is 264 g/mol. The van der Waals surface area contributed by atoms with Gasteiger partial charge in [-0.15, -0.1) is 29.3 Å². The quantitative estimate of drug-likeness (QED) is 0.663. The molecular formula is C13H12O2S2. The molecule has 0 saturated heterocycles. The Morgan fingerprint density at radius 1 is 1.35 bits per heavy atom. The zero-order valence-corrected chi connectivity index (χ0v) is 10.8. The molecule has 1 atom stereocenters. The highest BCUT2D eigenvalue weighted by atomic mass is 32.1. The van der Waals surface area contributed by atoms with Crippen molar-refractivity contribution in [2.75, 3.05) is 0 Å². The normalized spacial score (nSPS) is 14.2. The molecule has 0 amide bonds. The van der Waals surface area contributed by atoms with Crippen LogP contribution in [0.3, 0.4) is 0 Å². The maximum absolute atomic E-state index is 12.3. The van der Waals surface area contributed by atoms with Crippen LogP contribution >= 0.6 is 22.7 Å². The van der Waals surface area contributed by atoms with Crippen molar-refractivity contribution in [3.8, 4) is 0 Å². The second-order valence-corrected chi connectivity index (χ2v) is 5.53. The Bertz CT molecular complexity index is 500. The van der Waals surface area contributed by atoms with Crippen LogP contribution in [0.15, 0.2) is 47.7 Å². The predicted molar refractivity (Wildman–Crippen MR) is 71.7 cm³/mol. The van der Waals surface area contributed by atoms with E-state index in [1.54, 1.807) is 24.3 Å². The largest absolute Gasteiger partial charge is 0.376 e. The second-order valence-electron chi connectivity index (χ2n) is 3.64. The Kier molecular flexibility index (Phi) is 3.57. The van der Waals surface area contributed by atoms with Crippen LogP contribution < -0.4 is 0 Å². The number of ketones is 1. The monoisotopic (exact) mass is 264 g/mol. The Morgan fingerprint density at radius 2 is 2.06 bits per heavy atom. The Hall–Kier alpha value is -1.23. The third kappa shape index (κ3) is 2.24. The van der Waals surface area contributed by atoms with Crippen molar-refractivity contribution in [1.82, 2.24) is 0 Å². The van der Waals surface area contributed by atoms with Crippen LogP contribution in [0.25, 0.3) is 0 Å². The highest BCUT2D eigenvalue weighted by Gasteiger charge is 2.38. The number of carbonyl (C=O) groups is 1. The second kappa shape index (κ2) is 4.96. The van der Waals surface area contributed by atoms with Crippen LogP contribution in [0.1, 0.15) is 21.0 Å². The standard InChI is InChI=1S/C13H12O2S2/c1-2-7-13(15,11-6-4-9-17-11)12(14)10-5-3-8-16-10/h2-6,8-9,15H,1,7H2. The van der Waals surface area contributed by atoms with Gasteiger partial charge in [0.15, 0.2) is 5.60 Å². The Labute approximate surface area is 108 Å². The van der Waals surface area contributed by atoms with Crippen molar-refractivity contribution < 1.29 is 9.90 Å². The maximum Gasteiger partial charge on any atom is 0.209 e. The van der Waals surface area contributed by atoms with Crippen molar-refractivity contribution >= 4 is 28.5 Å². The molecule has 2 aromatic rings. The van der Waals surface area contributed by atoms with E-state index in [0.717, 1.165) is 0 Å². The van der Waals surface area contributed by atoms with E-state index >= 15 is 0 Å². The molecule has 17 heavy (non-hydrogen) atoms. The summed E-state index contributed by atoms with van der Waals surface area (Å²) in [5, 5.41) is 14.3. The van der Waals surface area contributed by atoms with Crippen LogP contribution in [-0.2, 0) is 5.60 Å². The van der Waals surface area contributed by atoms with Crippen molar-refractivity contribution in [3.63, 3.8) is 0 Å². The fourth-order valence-corrected chi connectivity index (χ4v) is 3.21. The molecule has 0 aliphatic rings. The van der Waals surface area contributed by atoms with Crippen LogP contribution in [0, 0.1) is 0 Å². The lowest BCUT2D eigenvalue weighted by molar-refractivity contribution is 0.0335. The molecule has 0 aromatic carbocycles. The van der Waals surface area contributed by atoms with Gasteiger partial charge in [-0.25, -0.2) is 0 Å². The van der Waals surface area contributed by atoms with Gasteiger partial charge in [0.05, 0.1) is 4.88 Å². The van der Waals surface area contributed by atoms with Gasteiger partial charge in [0.1, 0.15) is 0 Å². The molecule has 4 heteroatoms. The SMILES string of the molecule is C=CCC(O)(C(=O)c1cccs1)c1cccs1. The summed E-state index contributed by atoms with van der Waals surface area (Å²) >= 11 is 2.72. The summed E-state index contributed by atoms with van der Waals surface area (Å²) in [6.07, 6.45) is 1.80. The topological polar surface area (TPSA) is 37.3 Å². The molecule has 0 aliphatic heterocycles. The number of rotatable bonds is 5. The van der Waals surface area contributed by atoms with Gasteiger partial charge >= 0.3 is 0 Å². The zero-order chi connectivity index (χ0) is 12.3. The molecule has 0 radical (unpaired) electrons. The number of hydrogen-bond acceptors (Lipinski definition) is 4. The molecule has 1 N–H and O–H groups in total. The maximum atomic E-state index is 12.3. The van der Waals surface area contributed by atoms with Crippen molar-refractivity contribution in [3.05, 3.63) is 57.4 Å². The molecule has 0 bridgehead atoms. The average Bonchev–Trinajstić information content (AvgIpc) is 3.01. The molecule has 0 aliphatic carbocycles. The zero-order valence-electron chi connectivity index (χ0n) is 9.13. The molecule has 2 aromatic heterocycles. The van der Waals surface area contributed by atoms with E-state index in [0.29, 0.717) is 9.75 Å². The number of thiophene rings is 2. The summed E-state index contributed by atoms with van der Waals surface area (Å²) in [6, 6.07) is 7.14. The van der Waals surface area contributed by atoms with Crippen molar-refractivity contribution in [2.24, 2.45) is 0 Å². The minimum Gasteiger partial charge on any atom is -0.376 e. The molecule has 0 spiro atoms. The summed E-state index contributed by atoms with van der Waals surface area (Å²) in [4.78, 5) is 13.6. The lowest BCUT2D eigenvalue weighted by Crippen LogP contribution is -2.34. The fourth-order valence-electron chi connectivity index (χ4n) is 1.64. The first-order valence-corrected chi connectivity index (χ1v) is 6.90. The van der Waals surface area contributed by atoms with Crippen LogP contribution in [-0.4, -0.2) is 10.9 Å². The van der Waals surface area contributed by atoms with Gasteiger partial charge in [0.25, 0.3) is 0 Å². The van der Waals surface area contributed by atoms with Gasteiger partial charge in [-0.2, -0.15) is 0 Å². The van der Waals surface area contributed by atoms with Gasteiger partial charge in [-0.05, 0) is 22.9 Å².